The Bertz CT molecular complexity index is 1770. The Morgan fingerprint density at radius 3 is 1.82 bits per heavy atom. The van der Waals surface area contributed by atoms with Gasteiger partial charge in [-0.25, -0.2) is 15.0 Å². The van der Waals surface area contributed by atoms with Gasteiger partial charge in [0.1, 0.15) is 11.6 Å². The van der Waals surface area contributed by atoms with Crippen molar-refractivity contribution in [3.63, 3.8) is 0 Å². The first kappa shape index (κ1) is 37.0. The van der Waals surface area contributed by atoms with Crippen LogP contribution < -0.4 is 40.6 Å². The molecule has 14 nitrogen and oxygen atoms in total. The number of benzene rings is 2. The summed E-state index contributed by atoms with van der Waals surface area (Å²) in [6.07, 6.45) is 10.3. The van der Waals surface area contributed by atoms with Crippen molar-refractivity contribution < 1.29 is 28.8 Å². The number of rotatable bonds is 6. The molecular formula is C36H45ClN8O6. The van der Waals surface area contributed by atoms with Crippen LogP contribution in [0.3, 0.4) is 0 Å². The molecule has 2 aliphatic carbocycles. The van der Waals surface area contributed by atoms with E-state index in [1.165, 1.54) is 25.7 Å². The number of aryl methyl sites for hydroxylation is 2. The second-order valence-electron chi connectivity index (χ2n) is 12.3. The lowest BCUT2D eigenvalue weighted by molar-refractivity contribution is -0.134. The maximum Gasteiger partial charge on any atom is 0.300 e. The lowest BCUT2D eigenvalue weighted by Crippen LogP contribution is -2.07. The van der Waals surface area contributed by atoms with E-state index in [4.69, 9.17) is 46.2 Å². The van der Waals surface area contributed by atoms with Gasteiger partial charge in [0.2, 0.25) is 11.2 Å². The third-order valence-corrected chi connectivity index (χ3v) is 7.71. The monoisotopic (exact) mass is 720 g/mol. The van der Waals surface area contributed by atoms with Crippen LogP contribution in [0.25, 0.3) is 0 Å². The number of carboxylic acids is 1. The van der Waals surface area contributed by atoms with Crippen molar-refractivity contribution in [1.82, 2.24) is 19.9 Å². The van der Waals surface area contributed by atoms with Gasteiger partial charge in [0, 0.05) is 78.9 Å². The highest BCUT2D eigenvalue weighted by atomic mass is 35.5. The molecule has 0 radical (unpaired) electrons. The van der Waals surface area contributed by atoms with E-state index in [0.717, 1.165) is 77.8 Å². The molecule has 0 unspecified atom stereocenters. The topological polar surface area (TPSA) is 188 Å². The van der Waals surface area contributed by atoms with Crippen LogP contribution in [-0.2, 0) is 4.79 Å². The van der Waals surface area contributed by atoms with Gasteiger partial charge in [0.05, 0.1) is 26.4 Å². The Morgan fingerprint density at radius 1 is 0.765 bits per heavy atom. The standard InChI is InChI=1S/C17H20N4O2.C9H11NO2.C8H10ClN3.C2H4O2/c1-11-10-18-17(21-16(11)19-12-3-4-12)20-13-5-6-14-15(9-13)23-8-2-7-22-14;10-7-2-3-8-9(6-7)12-5-1-4-11-8;1-5-4-10-8(9)12-7(5)11-6-2-3-6;1-2(3)4/h5-6,9-10,12H,2-4,7-8H2,1H3,(H2,18,19,20,21);2-3,6H,1,4-5,10H2;4,6H,2-3H2,1H3,(H,10,11,12);1H3,(H,3,4). The fraction of sp³-hybridized carbons (Fsp3) is 0.417. The number of aromatic nitrogens is 4. The first-order valence-corrected chi connectivity index (χ1v) is 17.4. The van der Waals surface area contributed by atoms with Gasteiger partial charge in [-0.2, -0.15) is 4.98 Å². The highest BCUT2D eigenvalue weighted by Crippen LogP contribution is 2.34. The molecule has 2 saturated carbocycles. The zero-order valence-electron chi connectivity index (χ0n) is 29.1. The molecule has 4 aliphatic rings. The van der Waals surface area contributed by atoms with E-state index < -0.39 is 5.97 Å². The van der Waals surface area contributed by atoms with Gasteiger partial charge in [-0.3, -0.25) is 4.79 Å². The molecule has 8 rings (SSSR count). The van der Waals surface area contributed by atoms with Crippen molar-refractivity contribution in [3.05, 3.63) is 65.2 Å². The number of halogens is 1. The second kappa shape index (κ2) is 18.1. The minimum Gasteiger partial charge on any atom is -0.490 e. The number of hydrogen-bond acceptors (Lipinski definition) is 13. The second-order valence-corrected chi connectivity index (χ2v) is 12.7. The van der Waals surface area contributed by atoms with Crippen LogP contribution in [0.1, 0.15) is 56.6 Å². The number of nitrogens with zero attached hydrogens (tertiary/aromatic N) is 4. The predicted molar refractivity (Wildman–Crippen MR) is 197 cm³/mol. The van der Waals surface area contributed by atoms with E-state index in [0.29, 0.717) is 48.8 Å². The maximum absolute atomic E-state index is 9.00. The molecule has 0 amide bonds. The fourth-order valence-corrected chi connectivity index (χ4v) is 4.74. The molecule has 4 aromatic rings. The first-order chi connectivity index (χ1) is 24.6. The number of carboxylic acid groups (broad SMARTS) is 1. The summed E-state index contributed by atoms with van der Waals surface area (Å²) >= 11 is 5.66. The molecule has 272 valence electrons. The number of ether oxygens (including phenoxy) is 4. The summed E-state index contributed by atoms with van der Waals surface area (Å²) in [4.78, 5) is 25.9. The summed E-state index contributed by atoms with van der Waals surface area (Å²) in [6.45, 7) is 7.86. The molecule has 51 heavy (non-hydrogen) atoms. The number of nitrogens with two attached hydrogens (primary N) is 1. The Morgan fingerprint density at radius 2 is 1.25 bits per heavy atom. The fourth-order valence-electron chi connectivity index (χ4n) is 4.61. The molecule has 0 saturated heterocycles. The van der Waals surface area contributed by atoms with Crippen LogP contribution in [0.5, 0.6) is 23.0 Å². The molecule has 2 fully saturated rings. The molecular weight excluding hydrogens is 676 g/mol. The molecule has 2 aliphatic heterocycles. The molecule has 0 bridgehead atoms. The van der Waals surface area contributed by atoms with Crippen LogP contribution in [0.4, 0.5) is 29.0 Å². The van der Waals surface area contributed by atoms with E-state index >= 15 is 0 Å². The van der Waals surface area contributed by atoms with Crippen molar-refractivity contribution in [2.75, 3.05) is 48.1 Å². The van der Waals surface area contributed by atoms with Gasteiger partial charge in [-0.1, -0.05) is 0 Å². The molecule has 15 heteroatoms. The van der Waals surface area contributed by atoms with Crippen LogP contribution >= 0.6 is 11.6 Å². The third kappa shape index (κ3) is 12.5. The van der Waals surface area contributed by atoms with Gasteiger partial charge < -0.3 is 45.7 Å². The van der Waals surface area contributed by atoms with Crippen molar-refractivity contribution in [1.29, 1.82) is 0 Å². The average Bonchev–Trinajstić information content (AvgIpc) is 4.00. The normalized spacial score (nSPS) is 15.4. The first-order valence-electron chi connectivity index (χ1n) is 17.0. The Labute approximate surface area is 302 Å². The quantitative estimate of drug-likeness (QED) is 0.103. The predicted octanol–water partition coefficient (Wildman–Crippen LogP) is 6.80. The molecule has 6 N–H and O–H groups in total. The lowest BCUT2D eigenvalue weighted by atomic mass is 10.2. The number of nitrogen functional groups attached to an aromatic ring is 1. The molecule has 2 aromatic heterocycles. The molecule has 0 spiro atoms. The van der Waals surface area contributed by atoms with Crippen molar-refractivity contribution in [2.24, 2.45) is 0 Å². The Kier molecular flexibility index (Phi) is 13.2. The zero-order valence-corrected chi connectivity index (χ0v) is 29.8. The number of fused-ring (bicyclic) bond motifs is 2. The van der Waals surface area contributed by atoms with E-state index in [1.54, 1.807) is 12.3 Å². The highest BCUT2D eigenvalue weighted by Gasteiger charge is 2.23. The van der Waals surface area contributed by atoms with E-state index in [9.17, 15) is 0 Å². The molecule has 4 heterocycles. The summed E-state index contributed by atoms with van der Waals surface area (Å²) in [5.41, 5.74) is 9.29. The number of carbonyl (C=O) groups is 1. The van der Waals surface area contributed by atoms with E-state index in [1.807, 2.05) is 50.4 Å². The zero-order chi connectivity index (χ0) is 36.2. The minimum atomic E-state index is -0.833. The summed E-state index contributed by atoms with van der Waals surface area (Å²) in [5, 5.41) is 17.7. The summed E-state index contributed by atoms with van der Waals surface area (Å²) < 4.78 is 22.2. The third-order valence-electron chi connectivity index (χ3n) is 7.53. The van der Waals surface area contributed by atoms with Crippen LogP contribution in [0.2, 0.25) is 5.28 Å². The molecule has 0 atom stereocenters. The van der Waals surface area contributed by atoms with Crippen molar-refractivity contribution in [3.8, 4) is 23.0 Å². The van der Waals surface area contributed by atoms with Gasteiger partial charge in [-0.15, -0.1) is 0 Å². The maximum atomic E-state index is 9.00. The SMILES string of the molecule is CC(=O)O.Cc1cnc(Cl)nc1NC1CC1.Cc1cnc(Nc2ccc3c(c2)OCCCO3)nc1NC1CC1.Nc1ccc2c(c1)OCCCO2. The number of nitrogens with one attached hydrogen (secondary N) is 3. The van der Waals surface area contributed by atoms with Crippen LogP contribution in [-0.4, -0.2) is 69.5 Å². The number of anilines is 5. The Hall–Kier alpha value is -5.24. The average molecular weight is 721 g/mol. The van der Waals surface area contributed by atoms with E-state index in [-0.39, 0.29) is 0 Å². The minimum absolute atomic E-state index is 0.309. The Balaban J connectivity index is 0.000000152. The van der Waals surface area contributed by atoms with Crippen molar-refractivity contribution >= 4 is 46.5 Å². The summed E-state index contributed by atoms with van der Waals surface area (Å²) in [7, 11) is 0. The summed E-state index contributed by atoms with van der Waals surface area (Å²) in [5.74, 6) is 4.61. The van der Waals surface area contributed by atoms with Crippen LogP contribution in [0.15, 0.2) is 48.8 Å². The summed E-state index contributed by atoms with van der Waals surface area (Å²) in [6, 6.07) is 12.4. The smallest absolute Gasteiger partial charge is 0.300 e. The van der Waals surface area contributed by atoms with Gasteiger partial charge >= 0.3 is 0 Å². The lowest BCUT2D eigenvalue weighted by Gasteiger charge is -2.12. The van der Waals surface area contributed by atoms with Gasteiger partial charge in [0.25, 0.3) is 5.97 Å². The van der Waals surface area contributed by atoms with Crippen molar-refractivity contribution in [2.45, 2.75) is 71.4 Å². The molecule has 2 aromatic carbocycles. The van der Waals surface area contributed by atoms with Gasteiger partial charge in [0.15, 0.2) is 23.0 Å². The van der Waals surface area contributed by atoms with E-state index in [2.05, 4.69) is 35.9 Å². The number of hydrogen-bond donors (Lipinski definition) is 5. The van der Waals surface area contributed by atoms with Crippen LogP contribution in [0, 0.1) is 13.8 Å². The van der Waals surface area contributed by atoms with Gasteiger partial charge in [-0.05, 0) is 75.4 Å². The number of aliphatic carboxylic acids is 1. The highest BCUT2D eigenvalue weighted by molar-refractivity contribution is 6.28. The largest absolute Gasteiger partial charge is 0.490 e.